The highest BCUT2D eigenvalue weighted by Gasteiger charge is 2.35. The van der Waals surface area contributed by atoms with Crippen molar-refractivity contribution in [2.45, 2.75) is 62.0 Å². The van der Waals surface area contributed by atoms with Crippen molar-refractivity contribution in [2.75, 3.05) is 10.8 Å². The highest BCUT2D eigenvalue weighted by atomic mass is 79.9. The van der Waals surface area contributed by atoms with Gasteiger partial charge >= 0.3 is 0 Å². The van der Waals surface area contributed by atoms with Crippen LogP contribution in [0.2, 0.25) is 0 Å². The lowest BCUT2D eigenvalue weighted by Crippen LogP contribution is -2.55. The molecule has 1 fully saturated rings. The second-order valence-corrected chi connectivity index (χ2v) is 15.2. The van der Waals surface area contributed by atoms with E-state index < -0.39 is 28.5 Å². The van der Waals surface area contributed by atoms with Gasteiger partial charge in [0.05, 0.1) is 10.6 Å². The van der Waals surface area contributed by atoms with E-state index in [1.807, 2.05) is 54.6 Å². The van der Waals surface area contributed by atoms with Crippen LogP contribution in [0.25, 0.3) is 0 Å². The summed E-state index contributed by atoms with van der Waals surface area (Å²) < 4.78 is 31.0. The Kier molecular flexibility index (Phi) is 11.7. The van der Waals surface area contributed by atoms with Gasteiger partial charge in [-0.1, -0.05) is 112 Å². The van der Waals surface area contributed by atoms with Gasteiger partial charge in [0.25, 0.3) is 10.0 Å². The zero-order valence-electron chi connectivity index (χ0n) is 25.4. The van der Waals surface area contributed by atoms with Gasteiger partial charge in [0, 0.05) is 28.0 Å². The number of halogens is 2. The molecule has 0 aliphatic heterocycles. The van der Waals surface area contributed by atoms with Crippen LogP contribution >= 0.6 is 31.9 Å². The topological polar surface area (TPSA) is 86.8 Å². The molecule has 7 nitrogen and oxygen atoms in total. The number of nitrogens with zero attached hydrogens (tertiary/aromatic N) is 2. The van der Waals surface area contributed by atoms with Crippen molar-refractivity contribution in [3.8, 4) is 0 Å². The Bertz CT molecular complexity index is 1700. The number of benzene rings is 4. The molecule has 4 aromatic rings. The number of hydrogen-bond donors (Lipinski definition) is 1. The quantitative estimate of drug-likeness (QED) is 0.162. The van der Waals surface area contributed by atoms with Gasteiger partial charge in [0.15, 0.2) is 0 Å². The fraction of sp³-hybridized carbons (Fsp3) is 0.278. The number of sulfonamides is 1. The molecule has 1 aliphatic rings. The fourth-order valence-corrected chi connectivity index (χ4v) is 7.70. The van der Waals surface area contributed by atoms with Crippen LogP contribution in [-0.2, 0) is 32.6 Å². The third kappa shape index (κ3) is 8.86. The summed E-state index contributed by atoms with van der Waals surface area (Å²) in [5.41, 5.74) is 2.07. The van der Waals surface area contributed by atoms with Gasteiger partial charge in [-0.15, -0.1) is 0 Å². The van der Waals surface area contributed by atoms with Crippen molar-refractivity contribution in [1.82, 2.24) is 10.2 Å². The van der Waals surface area contributed by atoms with Crippen LogP contribution in [0.15, 0.2) is 123 Å². The summed E-state index contributed by atoms with van der Waals surface area (Å²) in [6.45, 7) is -0.362. The molecule has 0 radical (unpaired) electrons. The van der Waals surface area contributed by atoms with Gasteiger partial charge in [-0.05, 0) is 72.5 Å². The van der Waals surface area contributed by atoms with Crippen LogP contribution in [0.3, 0.4) is 0 Å². The first-order valence-corrected chi connectivity index (χ1v) is 18.4. The monoisotopic (exact) mass is 765 g/mol. The lowest BCUT2D eigenvalue weighted by Gasteiger charge is -2.35. The summed E-state index contributed by atoms with van der Waals surface area (Å²) in [5, 5.41) is 3.24. The highest BCUT2D eigenvalue weighted by Crippen LogP contribution is 2.27. The molecule has 0 heterocycles. The Labute approximate surface area is 288 Å². The SMILES string of the molecule is O=C(NC1CCCCC1)[C@H](Cc1ccccc1)N(Cc1ccc(Br)cc1)C(=O)CN(c1ccc(Br)cc1)S(=O)(=O)c1ccccc1. The van der Waals surface area contributed by atoms with Crippen molar-refractivity contribution < 1.29 is 18.0 Å². The van der Waals surface area contributed by atoms with Gasteiger partial charge in [-0.25, -0.2) is 8.42 Å². The molecular weight excluding hydrogens is 730 g/mol. The molecule has 0 spiro atoms. The second kappa shape index (κ2) is 15.9. The first-order chi connectivity index (χ1) is 22.2. The average molecular weight is 768 g/mol. The smallest absolute Gasteiger partial charge is 0.264 e. The lowest BCUT2D eigenvalue weighted by atomic mass is 9.94. The Morgan fingerprint density at radius 2 is 1.30 bits per heavy atom. The third-order valence-electron chi connectivity index (χ3n) is 8.21. The molecule has 240 valence electrons. The van der Waals surface area contributed by atoms with Gasteiger partial charge in [-0.3, -0.25) is 13.9 Å². The minimum Gasteiger partial charge on any atom is -0.352 e. The van der Waals surface area contributed by atoms with Gasteiger partial charge < -0.3 is 10.2 Å². The van der Waals surface area contributed by atoms with Crippen LogP contribution in [0.5, 0.6) is 0 Å². The van der Waals surface area contributed by atoms with Crippen molar-refractivity contribution >= 4 is 59.4 Å². The summed E-state index contributed by atoms with van der Waals surface area (Å²) in [4.78, 5) is 30.4. The zero-order valence-corrected chi connectivity index (χ0v) is 29.4. The second-order valence-electron chi connectivity index (χ2n) is 11.5. The largest absolute Gasteiger partial charge is 0.352 e. The van der Waals surface area contributed by atoms with E-state index in [4.69, 9.17) is 0 Å². The van der Waals surface area contributed by atoms with Gasteiger partial charge in [-0.2, -0.15) is 0 Å². The highest BCUT2D eigenvalue weighted by molar-refractivity contribution is 9.10. The molecule has 0 unspecified atom stereocenters. The predicted molar refractivity (Wildman–Crippen MR) is 189 cm³/mol. The average Bonchev–Trinajstić information content (AvgIpc) is 3.07. The zero-order chi connectivity index (χ0) is 32.5. The number of amides is 2. The number of rotatable bonds is 12. The van der Waals surface area contributed by atoms with Gasteiger partial charge in [0.1, 0.15) is 12.6 Å². The molecule has 5 rings (SSSR count). The molecule has 10 heteroatoms. The molecule has 4 aromatic carbocycles. The number of carbonyl (C=O) groups excluding carboxylic acids is 2. The molecule has 1 atom stereocenters. The minimum absolute atomic E-state index is 0.0434. The first-order valence-electron chi connectivity index (χ1n) is 15.4. The van der Waals surface area contributed by atoms with E-state index in [2.05, 4.69) is 37.2 Å². The number of anilines is 1. The van der Waals surface area contributed by atoms with E-state index in [1.54, 1.807) is 47.4 Å². The van der Waals surface area contributed by atoms with E-state index in [-0.39, 0.29) is 29.8 Å². The van der Waals surface area contributed by atoms with Crippen molar-refractivity contribution in [3.63, 3.8) is 0 Å². The summed E-state index contributed by atoms with van der Waals surface area (Å²) in [6.07, 6.45) is 5.33. The standard InChI is InChI=1S/C36H37Br2N3O4S/c37-29-18-16-28(17-19-29)25-40(34(24-27-10-4-1-5-11-27)36(43)39-31-12-6-2-7-13-31)35(42)26-41(32-22-20-30(38)21-23-32)46(44,45)33-14-8-3-9-15-33/h1,3-5,8-11,14-23,31,34H,2,6-7,12-13,24-26H2,(H,39,43)/t34-/m0/s1. The van der Waals surface area contributed by atoms with E-state index in [9.17, 15) is 18.0 Å². The van der Waals surface area contributed by atoms with Gasteiger partial charge in [0.2, 0.25) is 11.8 Å². The Hall–Kier alpha value is -3.47. The predicted octanol–water partition coefficient (Wildman–Crippen LogP) is 7.50. The van der Waals surface area contributed by atoms with Crippen molar-refractivity contribution in [2.24, 2.45) is 0 Å². The van der Waals surface area contributed by atoms with Crippen LogP contribution < -0.4 is 9.62 Å². The van der Waals surface area contributed by atoms with Crippen LogP contribution in [0.4, 0.5) is 5.69 Å². The van der Waals surface area contributed by atoms with Crippen LogP contribution in [0.1, 0.15) is 43.2 Å². The molecule has 46 heavy (non-hydrogen) atoms. The normalized spacial score (nSPS) is 14.3. The van der Waals surface area contributed by atoms with Crippen LogP contribution in [-0.4, -0.2) is 43.8 Å². The lowest BCUT2D eigenvalue weighted by molar-refractivity contribution is -0.140. The molecule has 0 saturated heterocycles. The third-order valence-corrected chi connectivity index (χ3v) is 11.1. The van der Waals surface area contributed by atoms with E-state index in [1.165, 1.54) is 12.1 Å². The number of nitrogens with one attached hydrogen (secondary N) is 1. The van der Waals surface area contributed by atoms with E-state index in [0.29, 0.717) is 5.69 Å². The summed E-state index contributed by atoms with van der Waals surface area (Å²) >= 11 is 6.90. The maximum atomic E-state index is 14.6. The Morgan fingerprint density at radius 1 is 0.739 bits per heavy atom. The number of carbonyl (C=O) groups is 2. The molecule has 2 amide bonds. The first kappa shape index (κ1) is 33.9. The number of hydrogen-bond acceptors (Lipinski definition) is 4. The van der Waals surface area contributed by atoms with E-state index >= 15 is 0 Å². The van der Waals surface area contributed by atoms with E-state index in [0.717, 1.165) is 56.5 Å². The fourth-order valence-electron chi connectivity index (χ4n) is 5.74. The Balaban J connectivity index is 1.55. The molecule has 0 aromatic heterocycles. The molecular formula is C36H37Br2N3O4S. The maximum absolute atomic E-state index is 14.6. The van der Waals surface area contributed by atoms with Crippen molar-refractivity contribution in [1.29, 1.82) is 0 Å². The summed E-state index contributed by atoms with van der Waals surface area (Å²) in [6, 6.07) is 31.2. The molecule has 1 aliphatic carbocycles. The minimum atomic E-state index is -4.14. The summed E-state index contributed by atoms with van der Waals surface area (Å²) in [7, 11) is -4.14. The maximum Gasteiger partial charge on any atom is 0.264 e. The van der Waals surface area contributed by atoms with Crippen molar-refractivity contribution in [3.05, 3.63) is 129 Å². The Morgan fingerprint density at radius 3 is 1.91 bits per heavy atom. The molecule has 1 N–H and O–H groups in total. The van der Waals surface area contributed by atoms with Crippen LogP contribution in [0, 0.1) is 0 Å². The summed E-state index contributed by atoms with van der Waals surface area (Å²) in [5.74, 6) is -0.715. The molecule has 0 bridgehead atoms. The molecule has 1 saturated carbocycles.